The monoisotopic (exact) mass is 498 g/mol. The molecule has 35 heavy (non-hydrogen) atoms. The van der Waals surface area contributed by atoms with Crippen molar-refractivity contribution in [2.24, 2.45) is 0 Å². The van der Waals surface area contributed by atoms with Gasteiger partial charge < -0.3 is 20.1 Å². The van der Waals surface area contributed by atoms with Gasteiger partial charge >= 0.3 is 12.1 Å². The van der Waals surface area contributed by atoms with Crippen LogP contribution in [0.4, 0.5) is 22.0 Å². The van der Waals surface area contributed by atoms with Crippen molar-refractivity contribution in [1.82, 2.24) is 20.2 Å². The van der Waals surface area contributed by atoms with E-state index in [-0.39, 0.29) is 17.4 Å². The van der Waals surface area contributed by atoms with Crippen LogP contribution in [0.1, 0.15) is 22.5 Å². The number of benzene rings is 1. The van der Waals surface area contributed by atoms with Gasteiger partial charge in [-0.05, 0) is 30.3 Å². The number of amides is 1. The van der Waals surface area contributed by atoms with E-state index < -0.39 is 18.6 Å². The van der Waals surface area contributed by atoms with Crippen LogP contribution in [0, 0.1) is 0 Å². The third kappa shape index (κ3) is 7.06. The molecule has 3 aromatic rings. The van der Waals surface area contributed by atoms with Crippen LogP contribution in [-0.2, 0) is 4.79 Å². The van der Waals surface area contributed by atoms with Crippen molar-refractivity contribution in [2.75, 3.05) is 26.2 Å². The number of ether oxygens (including phenoxy) is 1. The molecule has 2 aromatic heterocycles. The largest absolute Gasteiger partial charge is 0.490 e. The van der Waals surface area contributed by atoms with Gasteiger partial charge in [0.15, 0.2) is 0 Å². The van der Waals surface area contributed by atoms with Gasteiger partial charge in [-0.1, -0.05) is 6.07 Å². The third-order valence-electron chi connectivity index (χ3n) is 4.76. The van der Waals surface area contributed by atoms with E-state index in [0.717, 1.165) is 24.7 Å². The molecule has 0 radical (unpaired) electrons. The van der Waals surface area contributed by atoms with Crippen molar-refractivity contribution in [3.8, 4) is 11.6 Å². The van der Waals surface area contributed by atoms with Crippen molar-refractivity contribution in [1.29, 1.82) is 0 Å². The molecule has 0 unspecified atom stereocenters. The predicted octanol–water partition coefficient (Wildman–Crippen LogP) is 4.04. The van der Waals surface area contributed by atoms with E-state index >= 15 is 0 Å². The number of nitrogens with one attached hydrogen (secondary N) is 1. The molecule has 1 amide bonds. The number of hydrogen-bond acceptors (Lipinski definition) is 6. The molecule has 0 atom stereocenters. The number of nitrogens with zero attached hydrogens (tertiary/aromatic N) is 3. The molecule has 1 aliphatic heterocycles. The maximum atomic E-state index is 12.6. The standard InChI is InChI=1S/C20H18F2N4O2.C2HF3O2/c21-19(22)14-2-6-18(24-12-14)28-15-3-5-16-13(11-15)1-4-17(25-16)20(27)26-9-7-23-8-10-26;3-2(4,5)1(6)7/h1-6,11-12,19,23H,7-10H2;(H,6,7). The average Bonchev–Trinajstić information content (AvgIpc) is 2.84. The van der Waals surface area contributed by atoms with E-state index in [0.29, 0.717) is 30.0 Å². The van der Waals surface area contributed by atoms with Gasteiger partial charge in [0.05, 0.1) is 5.52 Å². The van der Waals surface area contributed by atoms with Crippen LogP contribution in [-0.4, -0.2) is 64.2 Å². The van der Waals surface area contributed by atoms with Crippen molar-refractivity contribution in [2.45, 2.75) is 12.6 Å². The number of rotatable bonds is 4. The Morgan fingerprint density at radius 3 is 2.31 bits per heavy atom. The van der Waals surface area contributed by atoms with E-state index in [1.165, 1.54) is 12.1 Å². The Morgan fingerprint density at radius 2 is 1.74 bits per heavy atom. The first-order valence-electron chi connectivity index (χ1n) is 10.2. The molecule has 0 aliphatic carbocycles. The second kappa shape index (κ2) is 11.0. The van der Waals surface area contributed by atoms with Crippen molar-refractivity contribution in [3.05, 3.63) is 59.9 Å². The van der Waals surface area contributed by atoms with E-state index in [1.807, 2.05) is 6.07 Å². The summed E-state index contributed by atoms with van der Waals surface area (Å²) in [5.41, 5.74) is 0.929. The molecule has 2 N–H and O–H groups in total. The van der Waals surface area contributed by atoms with Crippen LogP contribution in [0.3, 0.4) is 0 Å². The zero-order valence-electron chi connectivity index (χ0n) is 17.9. The Hall–Kier alpha value is -3.87. The lowest BCUT2D eigenvalue weighted by Crippen LogP contribution is -2.46. The van der Waals surface area contributed by atoms with Crippen LogP contribution in [0.25, 0.3) is 10.9 Å². The lowest BCUT2D eigenvalue weighted by Gasteiger charge is -2.27. The zero-order valence-corrected chi connectivity index (χ0v) is 17.9. The van der Waals surface area contributed by atoms with Gasteiger partial charge in [0.25, 0.3) is 12.3 Å². The highest BCUT2D eigenvalue weighted by Gasteiger charge is 2.38. The zero-order chi connectivity index (χ0) is 25.6. The van der Waals surface area contributed by atoms with Crippen LogP contribution < -0.4 is 10.1 Å². The lowest BCUT2D eigenvalue weighted by molar-refractivity contribution is -0.192. The molecule has 4 rings (SSSR count). The highest BCUT2D eigenvalue weighted by Crippen LogP contribution is 2.26. The van der Waals surface area contributed by atoms with Crippen LogP contribution >= 0.6 is 0 Å². The molecule has 0 saturated carbocycles. The number of carboxylic acid groups (broad SMARTS) is 1. The summed E-state index contributed by atoms with van der Waals surface area (Å²) >= 11 is 0. The van der Waals surface area contributed by atoms with Gasteiger partial charge in [0, 0.05) is 49.4 Å². The topological polar surface area (TPSA) is 105 Å². The van der Waals surface area contributed by atoms with Gasteiger partial charge in [-0.15, -0.1) is 0 Å². The highest BCUT2D eigenvalue weighted by atomic mass is 19.4. The maximum absolute atomic E-state index is 12.6. The summed E-state index contributed by atoms with van der Waals surface area (Å²) in [7, 11) is 0. The SMILES string of the molecule is O=C(O)C(F)(F)F.O=C(c1ccc2cc(Oc3ccc(C(F)F)cn3)ccc2n1)N1CCNCC1. The van der Waals surface area contributed by atoms with Gasteiger partial charge in [-0.2, -0.15) is 13.2 Å². The van der Waals surface area contributed by atoms with E-state index in [1.54, 1.807) is 29.2 Å². The van der Waals surface area contributed by atoms with Crippen molar-refractivity contribution < 1.29 is 41.4 Å². The van der Waals surface area contributed by atoms with Crippen molar-refractivity contribution in [3.63, 3.8) is 0 Å². The number of piperazine rings is 1. The smallest absolute Gasteiger partial charge is 0.475 e. The number of halogens is 5. The Morgan fingerprint density at radius 1 is 1.06 bits per heavy atom. The first kappa shape index (κ1) is 25.7. The Labute approximate surface area is 195 Å². The summed E-state index contributed by atoms with van der Waals surface area (Å²) < 4.78 is 62.5. The fourth-order valence-electron chi connectivity index (χ4n) is 3.02. The summed E-state index contributed by atoms with van der Waals surface area (Å²) in [5, 5.41) is 11.1. The Bertz CT molecular complexity index is 1180. The van der Waals surface area contributed by atoms with Gasteiger partial charge in [0.2, 0.25) is 5.88 Å². The fourth-order valence-corrected chi connectivity index (χ4v) is 3.02. The van der Waals surface area contributed by atoms with E-state index in [9.17, 15) is 26.7 Å². The molecule has 186 valence electrons. The highest BCUT2D eigenvalue weighted by molar-refractivity contribution is 5.95. The van der Waals surface area contributed by atoms with Gasteiger partial charge in [-0.3, -0.25) is 4.79 Å². The summed E-state index contributed by atoms with van der Waals surface area (Å²) in [6.07, 6.45) is -6.55. The molecular formula is C22H19F5N4O4. The summed E-state index contributed by atoms with van der Waals surface area (Å²) in [4.78, 5) is 31.6. The average molecular weight is 498 g/mol. The number of carboxylic acids is 1. The minimum Gasteiger partial charge on any atom is -0.475 e. The quantitative estimate of drug-likeness (QED) is 0.524. The minimum atomic E-state index is -5.08. The van der Waals surface area contributed by atoms with Crippen LogP contribution in [0.5, 0.6) is 11.6 Å². The molecule has 1 aromatic carbocycles. The van der Waals surface area contributed by atoms with E-state index in [2.05, 4.69) is 15.3 Å². The number of hydrogen-bond donors (Lipinski definition) is 2. The normalized spacial score (nSPS) is 13.8. The minimum absolute atomic E-state index is 0.0768. The molecule has 1 aliphatic rings. The Kier molecular flexibility index (Phi) is 8.12. The molecular weight excluding hydrogens is 479 g/mol. The van der Waals surface area contributed by atoms with Gasteiger partial charge in [-0.25, -0.2) is 23.5 Å². The number of aliphatic carboxylic acids is 1. The second-order valence-corrected chi connectivity index (χ2v) is 7.23. The number of alkyl halides is 5. The van der Waals surface area contributed by atoms with Crippen molar-refractivity contribution >= 4 is 22.8 Å². The molecule has 1 fully saturated rings. The van der Waals surface area contributed by atoms with Gasteiger partial charge in [0.1, 0.15) is 11.4 Å². The lowest BCUT2D eigenvalue weighted by atomic mass is 10.2. The van der Waals surface area contributed by atoms with Crippen LogP contribution in [0.2, 0.25) is 0 Å². The summed E-state index contributed by atoms with van der Waals surface area (Å²) in [6, 6.07) is 11.4. The summed E-state index contributed by atoms with van der Waals surface area (Å²) in [6.45, 7) is 2.91. The fraction of sp³-hybridized carbons (Fsp3) is 0.273. The number of pyridine rings is 2. The van der Waals surface area contributed by atoms with E-state index in [4.69, 9.17) is 14.6 Å². The first-order valence-corrected chi connectivity index (χ1v) is 10.2. The molecule has 1 saturated heterocycles. The molecule has 3 heterocycles. The first-order chi connectivity index (χ1) is 16.5. The molecule has 13 heteroatoms. The predicted molar refractivity (Wildman–Crippen MR) is 113 cm³/mol. The maximum Gasteiger partial charge on any atom is 0.490 e. The molecule has 8 nitrogen and oxygen atoms in total. The second-order valence-electron chi connectivity index (χ2n) is 7.23. The molecule has 0 spiro atoms. The number of carbonyl (C=O) groups excluding carboxylic acids is 1. The summed E-state index contributed by atoms with van der Waals surface area (Å²) in [5.74, 6) is -2.10. The van der Waals surface area contributed by atoms with Crippen LogP contribution in [0.15, 0.2) is 48.7 Å². The number of aromatic nitrogens is 2. The third-order valence-corrected chi connectivity index (χ3v) is 4.76. The number of fused-ring (bicyclic) bond motifs is 1. The Balaban J connectivity index is 0.000000429. The number of carbonyl (C=O) groups is 2. The molecule has 0 bridgehead atoms.